The number of rotatable bonds is 4. The van der Waals surface area contributed by atoms with Crippen LogP contribution in [0, 0.1) is 5.82 Å². The maximum absolute atomic E-state index is 13.2. The second kappa shape index (κ2) is 6.17. The summed E-state index contributed by atoms with van der Waals surface area (Å²) in [6.07, 6.45) is 0. The molecule has 2 aromatic carbocycles. The summed E-state index contributed by atoms with van der Waals surface area (Å²) in [6, 6.07) is 10.1. The molecule has 2 aromatic rings. The lowest BCUT2D eigenvalue weighted by Crippen LogP contribution is -2.22. The molecule has 108 valence electrons. The van der Waals surface area contributed by atoms with Crippen LogP contribution >= 0.6 is 0 Å². The molecule has 0 aliphatic rings. The zero-order chi connectivity index (χ0) is 15.4. The van der Waals surface area contributed by atoms with Crippen LogP contribution in [0.2, 0.25) is 0 Å². The van der Waals surface area contributed by atoms with E-state index in [1.165, 1.54) is 12.1 Å². The number of carboxylic acid groups (broad SMARTS) is 1. The van der Waals surface area contributed by atoms with Gasteiger partial charge in [0, 0.05) is 12.1 Å². The third-order valence-corrected chi connectivity index (χ3v) is 2.99. The Morgan fingerprint density at radius 3 is 2.62 bits per heavy atom. The van der Waals surface area contributed by atoms with E-state index in [9.17, 15) is 14.0 Å². The molecule has 1 amide bonds. The molecule has 0 aromatic heterocycles. The van der Waals surface area contributed by atoms with Crippen molar-refractivity contribution in [3.05, 3.63) is 59.4 Å². The molecule has 0 spiro atoms. The van der Waals surface area contributed by atoms with E-state index >= 15 is 0 Å². The van der Waals surface area contributed by atoms with E-state index in [0.29, 0.717) is 23.2 Å². The van der Waals surface area contributed by atoms with Crippen molar-refractivity contribution < 1.29 is 19.1 Å². The first-order valence-electron chi connectivity index (χ1n) is 6.44. The highest BCUT2D eigenvalue weighted by Gasteiger charge is 2.14. The molecule has 2 rings (SSSR count). The van der Waals surface area contributed by atoms with E-state index in [1.807, 2.05) is 6.92 Å². The predicted octanol–water partition coefficient (Wildman–Crippen LogP) is 2.94. The average Bonchev–Trinajstić information content (AvgIpc) is 2.47. The Labute approximate surface area is 121 Å². The number of hydrogen-bond acceptors (Lipinski definition) is 2. The van der Waals surface area contributed by atoms with E-state index in [-0.39, 0.29) is 11.5 Å². The van der Waals surface area contributed by atoms with E-state index < -0.39 is 11.8 Å². The van der Waals surface area contributed by atoms with E-state index in [1.54, 1.807) is 24.3 Å². The summed E-state index contributed by atoms with van der Waals surface area (Å²) < 4.78 is 13.2. The number of amides is 1. The number of carbonyl (C=O) groups is 2. The van der Waals surface area contributed by atoms with Crippen LogP contribution in [0.3, 0.4) is 0 Å². The van der Waals surface area contributed by atoms with Crippen LogP contribution in [-0.4, -0.2) is 23.5 Å². The molecule has 0 heterocycles. The molecule has 0 bridgehead atoms. The van der Waals surface area contributed by atoms with Gasteiger partial charge in [0.25, 0.3) is 5.91 Å². The third kappa shape index (κ3) is 3.25. The van der Waals surface area contributed by atoms with E-state index in [2.05, 4.69) is 5.32 Å². The Morgan fingerprint density at radius 1 is 1.19 bits per heavy atom. The van der Waals surface area contributed by atoms with Crippen molar-refractivity contribution in [1.29, 1.82) is 0 Å². The van der Waals surface area contributed by atoms with Crippen molar-refractivity contribution in [2.24, 2.45) is 0 Å². The molecular formula is C16H14FNO3. The molecule has 0 fully saturated rings. The number of hydrogen-bond donors (Lipinski definition) is 2. The van der Waals surface area contributed by atoms with Crippen molar-refractivity contribution in [2.45, 2.75) is 6.92 Å². The van der Waals surface area contributed by atoms with Gasteiger partial charge in [-0.1, -0.05) is 18.2 Å². The topological polar surface area (TPSA) is 66.4 Å². The fourth-order valence-electron chi connectivity index (χ4n) is 2.04. The lowest BCUT2D eigenvalue weighted by Gasteiger charge is -2.09. The van der Waals surface area contributed by atoms with Gasteiger partial charge in [0.2, 0.25) is 0 Å². The Kier molecular flexibility index (Phi) is 4.33. The number of aromatic carboxylic acids is 1. The van der Waals surface area contributed by atoms with Gasteiger partial charge in [-0.05, 0) is 42.3 Å². The minimum absolute atomic E-state index is 0.136. The first kappa shape index (κ1) is 14.7. The normalized spacial score (nSPS) is 10.2. The Balaban J connectivity index is 2.50. The molecule has 0 saturated heterocycles. The number of benzene rings is 2. The van der Waals surface area contributed by atoms with Gasteiger partial charge in [-0.25, -0.2) is 9.18 Å². The van der Waals surface area contributed by atoms with Crippen molar-refractivity contribution in [2.75, 3.05) is 6.54 Å². The van der Waals surface area contributed by atoms with Crippen molar-refractivity contribution in [3.63, 3.8) is 0 Å². The smallest absolute Gasteiger partial charge is 0.336 e. The molecule has 2 N–H and O–H groups in total. The monoisotopic (exact) mass is 287 g/mol. The van der Waals surface area contributed by atoms with Gasteiger partial charge in [-0.2, -0.15) is 0 Å². The van der Waals surface area contributed by atoms with E-state index in [0.717, 1.165) is 6.07 Å². The summed E-state index contributed by atoms with van der Waals surface area (Å²) >= 11 is 0. The Bertz CT molecular complexity index is 698. The van der Waals surface area contributed by atoms with E-state index in [4.69, 9.17) is 5.11 Å². The van der Waals surface area contributed by atoms with Crippen LogP contribution < -0.4 is 5.32 Å². The Morgan fingerprint density at radius 2 is 1.95 bits per heavy atom. The Hall–Kier alpha value is -2.69. The maximum Gasteiger partial charge on any atom is 0.336 e. The van der Waals surface area contributed by atoms with Crippen molar-refractivity contribution in [3.8, 4) is 11.1 Å². The largest absolute Gasteiger partial charge is 0.478 e. The van der Waals surface area contributed by atoms with Gasteiger partial charge in [-0.3, -0.25) is 4.79 Å². The quantitative estimate of drug-likeness (QED) is 0.908. The number of halogens is 1. The molecule has 0 radical (unpaired) electrons. The highest BCUT2D eigenvalue weighted by atomic mass is 19.1. The molecule has 0 aliphatic carbocycles. The molecule has 5 heteroatoms. The first-order valence-corrected chi connectivity index (χ1v) is 6.44. The molecule has 0 aliphatic heterocycles. The lowest BCUT2D eigenvalue weighted by molar-refractivity contribution is 0.0697. The van der Waals surface area contributed by atoms with Gasteiger partial charge in [0.1, 0.15) is 5.82 Å². The third-order valence-electron chi connectivity index (χ3n) is 2.99. The minimum atomic E-state index is -1.21. The van der Waals surface area contributed by atoms with Gasteiger partial charge >= 0.3 is 5.97 Å². The fraction of sp³-hybridized carbons (Fsp3) is 0.125. The molecule has 0 unspecified atom stereocenters. The lowest BCUT2D eigenvalue weighted by atomic mass is 9.98. The zero-order valence-electron chi connectivity index (χ0n) is 11.4. The van der Waals surface area contributed by atoms with Crippen molar-refractivity contribution >= 4 is 11.9 Å². The second-order valence-corrected chi connectivity index (χ2v) is 4.44. The predicted molar refractivity (Wildman–Crippen MR) is 76.8 cm³/mol. The van der Waals surface area contributed by atoms with Gasteiger partial charge < -0.3 is 10.4 Å². The highest BCUT2D eigenvalue weighted by molar-refractivity contribution is 5.98. The van der Waals surface area contributed by atoms with Crippen LogP contribution in [0.15, 0.2) is 42.5 Å². The zero-order valence-corrected chi connectivity index (χ0v) is 11.4. The SMILES string of the molecule is CCNC(=O)c1cccc(-c2ccc(F)cc2C(=O)O)c1. The summed E-state index contributed by atoms with van der Waals surface area (Å²) in [5.41, 5.74) is 1.21. The maximum atomic E-state index is 13.2. The summed E-state index contributed by atoms with van der Waals surface area (Å²) in [6.45, 7) is 2.31. The first-order chi connectivity index (χ1) is 10.0. The standard InChI is InChI=1S/C16H14FNO3/c1-2-18-15(19)11-5-3-4-10(8-11)13-7-6-12(17)9-14(13)16(20)21/h3-9H,2H2,1H3,(H,18,19)(H,20,21). The number of nitrogens with one attached hydrogen (secondary N) is 1. The number of carboxylic acids is 1. The molecule has 0 atom stereocenters. The summed E-state index contributed by atoms with van der Waals surface area (Å²) in [4.78, 5) is 23.0. The number of carbonyl (C=O) groups excluding carboxylic acids is 1. The average molecular weight is 287 g/mol. The molecule has 0 saturated carbocycles. The molecule has 21 heavy (non-hydrogen) atoms. The van der Waals surface area contributed by atoms with Gasteiger partial charge in [0.05, 0.1) is 5.56 Å². The summed E-state index contributed by atoms with van der Waals surface area (Å²) in [5, 5.41) is 11.8. The van der Waals surface area contributed by atoms with Crippen LogP contribution in [0.4, 0.5) is 4.39 Å². The molecule has 4 nitrogen and oxygen atoms in total. The molecular weight excluding hydrogens is 273 g/mol. The van der Waals surface area contributed by atoms with Gasteiger partial charge in [-0.15, -0.1) is 0 Å². The van der Waals surface area contributed by atoms with Gasteiger partial charge in [0.15, 0.2) is 0 Å². The minimum Gasteiger partial charge on any atom is -0.478 e. The van der Waals surface area contributed by atoms with Crippen LogP contribution in [0.1, 0.15) is 27.6 Å². The highest BCUT2D eigenvalue weighted by Crippen LogP contribution is 2.25. The van der Waals surface area contributed by atoms with Crippen molar-refractivity contribution in [1.82, 2.24) is 5.32 Å². The second-order valence-electron chi connectivity index (χ2n) is 4.44. The van der Waals surface area contributed by atoms with Crippen LogP contribution in [0.5, 0.6) is 0 Å². The van der Waals surface area contributed by atoms with Crippen LogP contribution in [-0.2, 0) is 0 Å². The summed E-state index contributed by atoms with van der Waals surface area (Å²) in [7, 11) is 0. The van der Waals surface area contributed by atoms with Crippen LogP contribution in [0.25, 0.3) is 11.1 Å². The summed E-state index contributed by atoms with van der Waals surface area (Å²) in [5.74, 6) is -2.07. The fourth-order valence-corrected chi connectivity index (χ4v) is 2.04.